The number of anilines is 1. The molecule has 28 heavy (non-hydrogen) atoms. The van der Waals surface area contributed by atoms with Crippen LogP contribution in [0.15, 0.2) is 58.7 Å². The van der Waals surface area contributed by atoms with Crippen molar-refractivity contribution in [2.45, 2.75) is 13.8 Å². The molecule has 0 radical (unpaired) electrons. The summed E-state index contributed by atoms with van der Waals surface area (Å²) in [6.45, 7) is 3.06. The van der Waals surface area contributed by atoms with E-state index < -0.39 is 5.91 Å². The molecule has 0 aliphatic heterocycles. The number of likely N-dealkylation sites (N-methyl/N-ethyl adjacent to an activating group) is 1. The minimum atomic E-state index is -0.457. The van der Waals surface area contributed by atoms with Crippen LogP contribution in [0.25, 0.3) is 6.08 Å². The summed E-state index contributed by atoms with van der Waals surface area (Å²) in [7, 11) is 1.51. The van der Waals surface area contributed by atoms with Gasteiger partial charge in [0.15, 0.2) is 0 Å². The maximum atomic E-state index is 12.7. The van der Waals surface area contributed by atoms with Gasteiger partial charge in [0, 0.05) is 24.1 Å². The third kappa shape index (κ3) is 6.35. The summed E-state index contributed by atoms with van der Waals surface area (Å²) in [4.78, 5) is 37.8. The predicted molar refractivity (Wildman–Crippen MR) is 113 cm³/mol. The van der Waals surface area contributed by atoms with Gasteiger partial charge in [0.25, 0.3) is 5.91 Å². The molecule has 146 valence electrons. The molecule has 0 aliphatic rings. The number of halogens is 1. The molecule has 7 heteroatoms. The molecule has 0 bridgehead atoms. The molecular weight excluding hydrogens is 422 g/mol. The van der Waals surface area contributed by atoms with Gasteiger partial charge >= 0.3 is 0 Å². The zero-order valence-electron chi connectivity index (χ0n) is 16.0. The number of nitrogens with one attached hydrogen (secondary N) is 2. The van der Waals surface area contributed by atoms with Crippen LogP contribution in [0.2, 0.25) is 0 Å². The monoisotopic (exact) mass is 443 g/mol. The van der Waals surface area contributed by atoms with Crippen LogP contribution in [-0.2, 0) is 14.4 Å². The highest BCUT2D eigenvalue weighted by molar-refractivity contribution is 9.10. The van der Waals surface area contributed by atoms with E-state index in [1.807, 2.05) is 49.4 Å². The summed E-state index contributed by atoms with van der Waals surface area (Å²) in [5, 5.41) is 5.33. The molecule has 0 fully saturated rings. The van der Waals surface area contributed by atoms with Gasteiger partial charge in [0.1, 0.15) is 5.70 Å². The van der Waals surface area contributed by atoms with Crippen LogP contribution < -0.4 is 10.6 Å². The van der Waals surface area contributed by atoms with E-state index in [1.165, 1.54) is 18.9 Å². The Labute approximate surface area is 172 Å². The van der Waals surface area contributed by atoms with Crippen molar-refractivity contribution in [2.24, 2.45) is 0 Å². The minimum absolute atomic E-state index is 0.105. The normalized spacial score (nSPS) is 10.9. The van der Waals surface area contributed by atoms with Crippen LogP contribution in [0.3, 0.4) is 0 Å². The summed E-state index contributed by atoms with van der Waals surface area (Å²) in [5.41, 5.74) is 2.45. The van der Waals surface area contributed by atoms with Gasteiger partial charge in [-0.3, -0.25) is 14.4 Å². The van der Waals surface area contributed by atoms with Gasteiger partial charge in [0.05, 0.1) is 6.54 Å². The van der Waals surface area contributed by atoms with E-state index in [-0.39, 0.29) is 24.1 Å². The number of carbonyl (C=O) groups is 3. The Kier molecular flexibility index (Phi) is 7.52. The Morgan fingerprint density at radius 3 is 2.39 bits per heavy atom. The molecule has 2 aromatic rings. The minimum Gasteiger partial charge on any atom is -0.331 e. The fourth-order valence-electron chi connectivity index (χ4n) is 2.51. The molecule has 0 unspecified atom stereocenters. The first-order valence-electron chi connectivity index (χ1n) is 8.62. The molecule has 0 aliphatic carbocycles. The van der Waals surface area contributed by atoms with Crippen molar-refractivity contribution in [1.82, 2.24) is 10.2 Å². The van der Waals surface area contributed by atoms with E-state index in [2.05, 4.69) is 26.6 Å². The fraction of sp³-hybridized carbons (Fsp3) is 0.190. The molecule has 0 spiro atoms. The van der Waals surface area contributed by atoms with Gasteiger partial charge < -0.3 is 15.5 Å². The lowest BCUT2D eigenvalue weighted by molar-refractivity contribution is -0.131. The van der Waals surface area contributed by atoms with Crippen molar-refractivity contribution in [2.75, 3.05) is 18.9 Å². The number of amides is 3. The van der Waals surface area contributed by atoms with Crippen LogP contribution in [0.5, 0.6) is 0 Å². The van der Waals surface area contributed by atoms with E-state index in [0.29, 0.717) is 5.69 Å². The zero-order chi connectivity index (χ0) is 20.7. The molecule has 0 atom stereocenters. The largest absolute Gasteiger partial charge is 0.331 e. The third-order valence-corrected chi connectivity index (χ3v) is 4.33. The maximum Gasteiger partial charge on any atom is 0.270 e. The topological polar surface area (TPSA) is 78.5 Å². The van der Waals surface area contributed by atoms with Crippen molar-refractivity contribution in [3.8, 4) is 0 Å². The van der Waals surface area contributed by atoms with Crippen molar-refractivity contribution in [1.29, 1.82) is 0 Å². The van der Waals surface area contributed by atoms with Crippen molar-refractivity contribution in [3.63, 3.8) is 0 Å². The van der Waals surface area contributed by atoms with Gasteiger partial charge in [-0.2, -0.15) is 0 Å². The zero-order valence-corrected chi connectivity index (χ0v) is 17.5. The van der Waals surface area contributed by atoms with Gasteiger partial charge in [-0.25, -0.2) is 0 Å². The number of benzene rings is 2. The molecule has 0 saturated carbocycles. The molecule has 2 rings (SSSR count). The summed E-state index contributed by atoms with van der Waals surface area (Å²) in [6.07, 6.45) is 1.58. The van der Waals surface area contributed by atoms with E-state index >= 15 is 0 Å². The number of carbonyl (C=O) groups excluding carboxylic acids is 3. The molecule has 0 saturated heterocycles. The van der Waals surface area contributed by atoms with E-state index in [0.717, 1.165) is 15.6 Å². The van der Waals surface area contributed by atoms with Crippen molar-refractivity contribution >= 4 is 45.4 Å². The van der Waals surface area contributed by atoms with Gasteiger partial charge in [0.2, 0.25) is 11.8 Å². The smallest absolute Gasteiger partial charge is 0.270 e. The first-order valence-corrected chi connectivity index (χ1v) is 9.41. The number of nitrogens with zero attached hydrogens (tertiary/aromatic N) is 1. The Morgan fingerprint density at radius 1 is 1.11 bits per heavy atom. The van der Waals surface area contributed by atoms with Crippen LogP contribution in [0, 0.1) is 6.92 Å². The lowest BCUT2D eigenvalue weighted by Gasteiger charge is -2.19. The summed E-state index contributed by atoms with van der Waals surface area (Å²) < 4.78 is 0.918. The van der Waals surface area contributed by atoms with Crippen molar-refractivity contribution in [3.05, 3.63) is 69.8 Å². The van der Waals surface area contributed by atoms with E-state index in [9.17, 15) is 14.4 Å². The highest BCUT2D eigenvalue weighted by atomic mass is 79.9. The quantitative estimate of drug-likeness (QED) is 0.671. The Balaban J connectivity index is 2.10. The van der Waals surface area contributed by atoms with Crippen LogP contribution in [0.1, 0.15) is 18.1 Å². The highest BCUT2D eigenvalue weighted by Gasteiger charge is 2.19. The molecule has 2 aromatic carbocycles. The number of aryl methyl sites for hydroxylation is 1. The average Bonchev–Trinajstić information content (AvgIpc) is 2.63. The second kappa shape index (κ2) is 9.85. The number of hydrogen-bond donors (Lipinski definition) is 2. The number of hydrogen-bond acceptors (Lipinski definition) is 3. The second-order valence-corrected chi connectivity index (χ2v) is 7.23. The summed E-state index contributed by atoms with van der Waals surface area (Å²) >= 11 is 3.38. The molecule has 0 aromatic heterocycles. The maximum absolute atomic E-state index is 12.7. The SMILES string of the molecule is CC(=O)NC(=Cc1ccccc1)C(=O)N(C)CC(=O)Nc1ccc(Br)cc1C. The lowest BCUT2D eigenvalue weighted by Crippen LogP contribution is -2.39. The number of rotatable bonds is 6. The van der Waals surface area contributed by atoms with Crippen LogP contribution >= 0.6 is 15.9 Å². The Bertz CT molecular complexity index is 910. The summed E-state index contributed by atoms with van der Waals surface area (Å²) in [5.74, 6) is -1.15. The van der Waals surface area contributed by atoms with Crippen LogP contribution in [0.4, 0.5) is 5.69 Å². The third-order valence-electron chi connectivity index (χ3n) is 3.84. The van der Waals surface area contributed by atoms with Gasteiger partial charge in [-0.15, -0.1) is 0 Å². The first-order chi connectivity index (χ1) is 13.3. The fourth-order valence-corrected chi connectivity index (χ4v) is 2.98. The van der Waals surface area contributed by atoms with E-state index in [1.54, 1.807) is 12.1 Å². The molecule has 0 heterocycles. The van der Waals surface area contributed by atoms with Crippen LogP contribution in [-0.4, -0.2) is 36.2 Å². The lowest BCUT2D eigenvalue weighted by atomic mass is 10.2. The first kappa shape index (κ1) is 21.4. The molecular formula is C21H22BrN3O3. The summed E-state index contributed by atoms with van der Waals surface area (Å²) in [6, 6.07) is 14.7. The molecule has 2 N–H and O–H groups in total. The standard InChI is InChI=1S/C21H22BrN3O3/c1-14-11-17(22)9-10-18(14)24-20(27)13-25(3)21(28)19(23-15(2)26)12-16-7-5-4-6-8-16/h4-12H,13H2,1-3H3,(H,23,26)(H,24,27). The van der Waals surface area contributed by atoms with Crippen molar-refractivity contribution < 1.29 is 14.4 Å². The highest BCUT2D eigenvalue weighted by Crippen LogP contribution is 2.20. The second-order valence-electron chi connectivity index (χ2n) is 6.32. The molecule has 3 amide bonds. The van der Waals surface area contributed by atoms with Gasteiger partial charge in [-0.1, -0.05) is 46.3 Å². The predicted octanol–water partition coefficient (Wildman–Crippen LogP) is 3.33. The Hall–Kier alpha value is -2.93. The molecule has 6 nitrogen and oxygen atoms in total. The van der Waals surface area contributed by atoms with Gasteiger partial charge in [-0.05, 0) is 42.3 Å². The average molecular weight is 444 g/mol. The van der Waals surface area contributed by atoms with E-state index in [4.69, 9.17) is 0 Å². The Morgan fingerprint density at radius 2 is 1.79 bits per heavy atom.